The zero-order valence-corrected chi connectivity index (χ0v) is 15.5. The van der Waals surface area contributed by atoms with Crippen molar-refractivity contribution in [1.29, 1.82) is 0 Å². The van der Waals surface area contributed by atoms with E-state index in [2.05, 4.69) is 9.97 Å². The molecule has 0 radical (unpaired) electrons. The van der Waals surface area contributed by atoms with Crippen molar-refractivity contribution in [3.8, 4) is 11.4 Å². The van der Waals surface area contributed by atoms with Gasteiger partial charge in [0.15, 0.2) is 5.82 Å². The van der Waals surface area contributed by atoms with E-state index >= 15 is 0 Å². The number of nitrogens with zero attached hydrogens (tertiary/aromatic N) is 4. The first kappa shape index (κ1) is 18.2. The van der Waals surface area contributed by atoms with Gasteiger partial charge >= 0.3 is 0 Å². The summed E-state index contributed by atoms with van der Waals surface area (Å²) in [5.74, 6) is 0.616. The molecule has 1 aliphatic rings. The zero-order valence-electron chi connectivity index (χ0n) is 15.5. The molecule has 1 amide bonds. The average Bonchev–Trinajstić information content (AvgIpc) is 2.76. The van der Waals surface area contributed by atoms with Crippen LogP contribution in [0.25, 0.3) is 11.4 Å². The highest BCUT2D eigenvalue weighted by atomic mass is 19.1. The second kappa shape index (κ2) is 8.25. The molecule has 5 nitrogen and oxygen atoms in total. The first-order chi connectivity index (χ1) is 13.7. The van der Waals surface area contributed by atoms with E-state index < -0.39 is 0 Å². The quantitative estimate of drug-likeness (QED) is 0.698. The standard InChI is InChI=1S/C22H21FN4O/c23-19-7-5-16(6-8-19)13-21(28)27-12-2-4-18(15-27)20-9-11-25-22(26-20)17-3-1-10-24-14-17/h1,3,5-11,14,18H,2,4,12-13,15H2. The van der Waals surface area contributed by atoms with Gasteiger partial charge in [-0.15, -0.1) is 0 Å². The van der Waals surface area contributed by atoms with Gasteiger partial charge in [-0.25, -0.2) is 14.4 Å². The molecule has 1 unspecified atom stereocenters. The van der Waals surface area contributed by atoms with Crippen LogP contribution in [0.3, 0.4) is 0 Å². The van der Waals surface area contributed by atoms with E-state index in [0.29, 0.717) is 12.4 Å². The van der Waals surface area contributed by atoms with Crippen molar-refractivity contribution < 1.29 is 9.18 Å². The van der Waals surface area contributed by atoms with Crippen LogP contribution >= 0.6 is 0 Å². The maximum atomic E-state index is 13.1. The van der Waals surface area contributed by atoms with E-state index in [1.54, 1.807) is 30.7 Å². The van der Waals surface area contributed by atoms with E-state index in [9.17, 15) is 9.18 Å². The summed E-state index contributed by atoms with van der Waals surface area (Å²) < 4.78 is 13.1. The molecule has 0 N–H and O–H groups in total. The fourth-order valence-corrected chi connectivity index (χ4v) is 3.57. The Kier molecular flexibility index (Phi) is 5.37. The van der Waals surface area contributed by atoms with Crippen LogP contribution in [0.4, 0.5) is 4.39 Å². The number of halogens is 1. The molecular formula is C22H21FN4O. The van der Waals surface area contributed by atoms with E-state index in [4.69, 9.17) is 4.98 Å². The molecular weight excluding hydrogens is 355 g/mol. The number of aromatic nitrogens is 3. The molecule has 28 heavy (non-hydrogen) atoms. The first-order valence-corrected chi connectivity index (χ1v) is 9.44. The summed E-state index contributed by atoms with van der Waals surface area (Å²) in [6.07, 6.45) is 7.45. The highest BCUT2D eigenvalue weighted by Crippen LogP contribution is 2.27. The summed E-state index contributed by atoms with van der Waals surface area (Å²) in [4.78, 5) is 27.8. The Balaban J connectivity index is 1.46. The SMILES string of the molecule is O=C(Cc1ccc(F)cc1)N1CCCC(c2ccnc(-c3cccnc3)n2)C1. The number of pyridine rings is 1. The molecule has 4 rings (SSSR count). The summed E-state index contributed by atoms with van der Waals surface area (Å²) in [5.41, 5.74) is 2.66. The Hall–Kier alpha value is -3.15. The lowest BCUT2D eigenvalue weighted by Gasteiger charge is -2.32. The minimum atomic E-state index is -0.289. The number of hydrogen-bond acceptors (Lipinski definition) is 4. The summed E-state index contributed by atoms with van der Waals surface area (Å²) in [7, 11) is 0. The van der Waals surface area contributed by atoms with Crippen molar-refractivity contribution in [3.05, 3.63) is 78.1 Å². The third-order valence-corrected chi connectivity index (χ3v) is 5.06. The normalized spacial score (nSPS) is 16.8. The Morgan fingerprint density at radius 1 is 1.14 bits per heavy atom. The maximum absolute atomic E-state index is 13.1. The Bertz CT molecular complexity index is 946. The van der Waals surface area contributed by atoms with Crippen molar-refractivity contribution in [2.45, 2.75) is 25.2 Å². The van der Waals surface area contributed by atoms with Crippen LogP contribution in [0.1, 0.15) is 30.0 Å². The topological polar surface area (TPSA) is 59.0 Å². The summed E-state index contributed by atoms with van der Waals surface area (Å²) >= 11 is 0. The Morgan fingerprint density at radius 3 is 2.79 bits per heavy atom. The van der Waals surface area contributed by atoms with Crippen LogP contribution < -0.4 is 0 Å². The minimum Gasteiger partial charge on any atom is -0.342 e. The predicted molar refractivity (Wildman–Crippen MR) is 104 cm³/mol. The third-order valence-electron chi connectivity index (χ3n) is 5.06. The van der Waals surface area contributed by atoms with Crippen LogP contribution in [0.15, 0.2) is 61.1 Å². The van der Waals surface area contributed by atoms with Crippen LogP contribution in [0, 0.1) is 5.82 Å². The number of piperidine rings is 1. The lowest BCUT2D eigenvalue weighted by Crippen LogP contribution is -2.40. The fourth-order valence-electron chi connectivity index (χ4n) is 3.57. The van der Waals surface area contributed by atoms with Crippen molar-refractivity contribution in [1.82, 2.24) is 19.9 Å². The van der Waals surface area contributed by atoms with Gasteiger partial charge in [-0.2, -0.15) is 0 Å². The van der Waals surface area contributed by atoms with Crippen LogP contribution in [-0.2, 0) is 11.2 Å². The van der Waals surface area contributed by atoms with Gasteiger partial charge in [-0.05, 0) is 48.7 Å². The van der Waals surface area contributed by atoms with Crippen molar-refractivity contribution in [3.63, 3.8) is 0 Å². The van der Waals surface area contributed by atoms with Crippen LogP contribution in [-0.4, -0.2) is 38.8 Å². The number of amides is 1. The molecule has 0 saturated carbocycles. The van der Waals surface area contributed by atoms with Gasteiger partial charge in [0.1, 0.15) is 5.82 Å². The number of likely N-dealkylation sites (tertiary alicyclic amines) is 1. The lowest BCUT2D eigenvalue weighted by molar-refractivity contribution is -0.131. The monoisotopic (exact) mass is 376 g/mol. The molecule has 1 aromatic carbocycles. The van der Waals surface area contributed by atoms with Crippen LogP contribution in [0.5, 0.6) is 0 Å². The Morgan fingerprint density at radius 2 is 2.00 bits per heavy atom. The first-order valence-electron chi connectivity index (χ1n) is 9.44. The Labute approximate surface area is 163 Å². The highest BCUT2D eigenvalue weighted by Gasteiger charge is 2.26. The number of hydrogen-bond donors (Lipinski definition) is 0. The number of rotatable bonds is 4. The smallest absolute Gasteiger partial charge is 0.227 e. The highest BCUT2D eigenvalue weighted by molar-refractivity contribution is 5.79. The summed E-state index contributed by atoms with van der Waals surface area (Å²) in [6.45, 7) is 1.39. The van der Waals surface area contributed by atoms with Crippen molar-refractivity contribution >= 4 is 5.91 Å². The fraction of sp³-hybridized carbons (Fsp3) is 0.273. The zero-order chi connectivity index (χ0) is 19.3. The molecule has 0 aliphatic carbocycles. The van der Waals surface area contributed by atoms with Gasteiger partial charge < -0.3 is 4.90 Å². The second-order valence-electron chi connectivity index (χ2n) is 7.03. The number of benzene rings is 1. The molecule has 3 heterocycles. The predicted octanol–water partition coefficient (Wildman–Crippen LogP) is 3.63. The maximum Gasteiger partial charge on any atom is 0.227 e. The molecule has 0 spiro atoms. The van der Waals surface area contributed by atoms with E-state index in [-0.39, 0.29) is 24.1 Å². The largest absolute Gasteiger partial charge is 0.342 e. The van der Waals surface area contributed by atoms with Gasteiger partial charge in [0.2, 0.25) is 5.91 Å². The molecule has 6 heteroatoms. The van der Waals surface area contributed by atoms with Crippen LogP contribution in [0.2, 0.25) is 0 Å². The average molecular weight is 376 g/mol. The molecule has 1 saturated heterocycles. The summed E-state index contributed by atoms with van der Waals surface area (Å²) in [5, 5.41) is 0. The molecule has 142 valence electrons. The number of carbonyl (C=O) groups is 1. The molecule has 0 bridgehead atoms. The molecule has 3 aromatic rings. The van der Waals surface area contributed by atoms with Crippen molar-refractivity contribution in [2.24, 2.45) is 0 Å². The van der Waals surface area contributed by atoms with Gasteiger partial charge in [0.25, 0.3) is 0 Å². The summed E-state index contributed by atoms with van der Waals surface area (Å²) in [6, 6.07) is 11.8. The minimum absolute atomic E-state index is 0.0675. The van der Waals surface area contributed by atoms with E-state index in [1.165, 1.54) is 12.1 Å². The van der Waals surface area contributed by atoms with Gasteiger partial charge in [0, 0.05) is 48.9 Å². The van der Waals surface area contributed by atoms with E-state index in [0.717, 1.165) is 36.2 Å². The third kappa shape index (κ3) is 4.22. The molecule has 1 atom stereocenters. The molecule has 1 fully saturated rings. The van der Waals surface area contributed by atoms with Gasteiger partial charge in [-0.3, -0.25) is 9.78 Å². The van der Waals surface area contributed by atoms with Gasteiger partial charge in [-0.1, -0.05) is 12.1 Å². The molecule has 1 aliphatic heterocycles. The van der Waals surface area contributed by atoms with Crippen molar-refractivity contribution in [2.75, 3.05) is 13.1 Å². The molecule has 2 aromatic heterocycles. The van der Waals surface area contributed by atoms with E-state index in [1.807, 2.05) is 23.1 Å². The lowest BCUT2D eigenvalue weighted by atomic mass is 9.94. The second-order valence-corrected chi connectivity index (χ2v) is 7.03. The van der Waals surface area contributed by atoms with Gasteiger partial charge in [0.05, 0.1) is 6.42 Å². The number of carbonyl (C=O) groups excluding carboxylic acids is 1.